The van der Waals surface area contributed by atoms with E-state index in [4.69, 9.17) is 9.72 Å². The number of rotatable bonds is 7. The third kappa shape index (κ3) is 4.88. The molecule has 1 saturated carbocycles. The lowest BCUT2D eigenvalue weighted by atomic mass is 10.1. The van der Waals surface area contributed by atoms with Gasteiger partial charge in [-0.2, -0.15) is 0 Å². The molecular weight excluding hydrogens is 364 g/mol. The number of amides is 2. The number of nitrogens with one attached hydrogen (secondary N) is 3. The summed E-state index contributed by atoms with van der Waals surface area (Å²) in [5.74, 6) is 2.18. The fourth-order valence-corrected chi connectivity index (χ4v) is 4.01. The number of imidazole rings is 1. The van der Waals surface area contributed by atoms with Gasteiger partial charge in [-0.05, 0) is 55.0 Å². The predicted octanol–water partition coefficient (Wildman–Crippen LogP) is 4.34. The first-order chi connectivity index (χ1) is 14.2. The Hall–Kier alpha value is -3.02. The van der Waals surface area contributed by atoms with E-state index in [2.05, 4.69) is 15.6 Å². The van der Waals surface area contributed by atoms with Gasteiger partial charge in [-0.25, -0.2) is 9.78 Å². The Bertz CT molecular complexity index is 912. The van der Waals surface area contributed by atoms with Crippen LogP contribution in [-0.4, -0.2) is 29.7 Å². The van der Waals surface area contributed by atoms with E-state index >= 15 is 0 Å². The average molecular weight is 393 g/mol. The second kappa shape index (κ2) is 8.99. The summed E-state index contributed by atoms with van der Waals surface area (Å²) in [6.07, 6.45) is 5.60. The molecule has 1 aliphatic rings. The maximum Gasteiger partial charge on any atom is 0.315 e. The monoisotopic (exact) mass is 392 g/mol. The zero-order valence-corrected chi connectivity index (χ0v) is 16.8. The molecule has 3 aromatic rings. The number of H-pyrrole nitrogens is 1. The molecule has 0 aliphatic heterocycles. The van der Waals surface area contributed by atoms with E-state index in [1.807, 2.05) is 48.5 Å². The molecule has 0 saturated heterocycles. The van der Waals surface area contributed by atoms with Crippen LogP contribution in [0.5, 0.6) is 5.75 Å². The van der Waals surface area contributed by atoms with Gasteiger partial charge in [-0.1, -0.05) is 37.1 Å². The Morgan fingerprint density at radius 3 is 2.66 bits per heavy atom. The van der Waals surface area contributed by atoms with Crippen molar-refractivity contribution >= 4 is 17.1 Å². The summed E-state index contributed by atoms with van der Waals surface area (Å²) in [7, 11) is 1.66. The number of ether oxygens (including phenoxy) is 1. The van der Waals surface area contributed by atoms with Crippen LogP contribution in [0.4, 0.5) is 4.79 Å². The van der Waals surface area contributed by atoms with E-state index in [1.54, 1.807) is 7.11 Å². The molecule has 0 radical (unpaired) electrons. The number of nitrogens with zero attached hydrogens (tertiary/aromatic N) is 1. The van der Waals surface area contributed by atoms with Crippen LogP contribution in [0, 0.1) is 5.92 Å². The minimum absolute atomic E-state index is 0.143. The number of fused-ring (bicyclic) bond motifs is 1. The fourth-order valence-electron chi connectivity index (χ4n) is 4.01. The number of urea groups is 1. The number of hydrogen-bond donors (Lipinski definition) is 3. The predicted molar refractivity (Wildman–Crippen MR) is 114 cm³/mol. The van der Waals surface area contributed by atoms with Crippen molar-refractivity contribution in [3.8, 4) is 5.75 Å². The van der Waals surface area contributed by atoms with Crippen LogP contribution >= 0.6 is 0 Å². The minimum atomic E-state index is -0.251. The lowest BCUT2D eigenvalue weighted by Gasteiger charge is -2.19. The number of aromatic amines is 1. The summed E-state index contributed by atoms with van der Waals surface area (Å²) in [5.41, 5.74) is 2.97. The molecule has 0 spiro atoms. The SMILES string of the molecule is COc1ccc(C[C@@H](NC(=O)NCC2CCCC2)c2nc3ccccc3[nH]2)cc1. The van der Waals surface area contributed by atoms with Crippen molar-refractivity contribution in [2.24, 2.45) is 5.92 Å². The van der Waals surface area contributed by atoms with Crippen LogP contribution in [0.2, 0.25) is 0 Å². The van der Waals surface area contributed by atoms with E-state index in [0.29, 0.717) is 12.3 Å². The molecular formula is C23H28N4O2. The molecule has 3 N–H and O–H groups in total. The van der Waals surface area contributed by atoms with E-state index in [9.17, 15) is 4.79 Å². The van der Waals surface area contributed by atoms with E-state index in [1.165, 1.54) is 25.7 Å². The van der Waals surface area contributed by atoms with Crippen molar-refractivity contribution in [1.82, 2.24) is 20.6 Å². The molecule has 6 nitrogen and oxygen atoms in total. The second-order valence-corrected chi connectivity index (χ2v) is 7.75. The topological polar surface area (TPSA) is 79.0 Å². The summed E-state index contributed by atoms with van der Waals surface area (Å²) >= 11 is 0. The number of benzene rings is 2. The Balaban J connectivity index is 1.49. The quantitative estimate of drug-likeness (QED) is 0.559. The number of methoxy groups -OCH3 is 1. The molecule has 6 heteroatoms. The average Bonchev–Trinajstić information content (AvgIpc) is 3.42. The van der Waals surface area contributed by atoms with Crippen molar-refractivity contribution in [1.29, 1.82) is 0 Å². The molecule has 0 bridgehead atoms. The normalized spacial score (nSPS) is 15.3. The van der Waals surface area contributed by atoms with Gasteiger partial charge < -0.3 is 20.4 Å². The standard InChI is InChI=1S/C23H28N4O2/c1-29-18-12-10-16(11-13-18)14-21(22-25-19-8-4-5-9-20(19)26-22)27-23(28)24-15-17-6-2-3-7-17/h4-5,8-13,17,21H,2-3,6-7,14-15H2,1H3,(H,25,26)(H2,24,27,28)/t21-/m1/s1. The molecule has 1 fully saturated rings. The van der Waals surface area contributed by atoms with Gasteiger partial charge in [0.2, 0.25) is 0 Å². The number of hydrogen-bond acceptors (Lipinski definition) is 3. The molecule has 1 aromatic heterocycles. The fraction of sp³-hybridized carbons (Fsp3) is 0.391. The van der Waals surface area contributed by atoms with Gasteiger partial charge in [0.15, 0.2) is 0 Å². The van der Waals surface area contributed by atoms with Crippen LogP contribution in [0.25, 0.3) is 11.0 Å². The second-order valence-electron chi connectivity index (χ2n) is 7.75. The van der Waals surface area contributed by atoms with Gasteiger partial charge in [0, 0.05) is 6.54 Å². The van der Waals surface area contributed by atoms with Crippen molar-refractivity contribution in [2.75, 3.05) is 13.7 Å². The maximum atomic E-state index is 12.6. The van der Waals surface area contributed by atoms with E-state index in [0.717, 1.165) is 34.7 Å². The first kappa shape index (κ1) is 19.3. The molecule has 29 heavy (non-hydrogen) atoms. The lowest BCUT2D eigenvalue weighted by molar-refractivity contribution is 0.234. The molecule has 2 aromatic carbocycles. The molecule has 4 rings (SSSR count). The summed E-state index contributed by atoms with van der Waals surface area (Å²) in [6.45, 7) is 0.737. The Kier molecular flexibility index (Phi) is 5.98. The zero-order chi connectivity index (χ0) is 20.1. The third-order valence-electron chi connectivity index (χ3n) is 5.67. The van der Waals surface area contributed by atoms with Crippen molar-refractivity contribution in [3.63, 3.8) is 0 Å². The molecule has 0 unspecified atom stereocenters. The van der Waals surface area contributed by atoms with Crippen molar-refractivity contribution in [3.05, 3.63) is 59.9 Å². The highest BCUT2D eigenvalue weighted by atomic mass is 16.5. The molecule has 2 amide bonds. The first-order valence-electron chi connectivity index (χ1n) is 10.3. The van der Waals surface area contributed by atoms with E-state index < -0.39 is 0 Å². The third-order valence-corrected chi connectivity index (χ3v) is 5.67. The van der Waals surface area contributed by atoms with Crippen LogP contribution in [0.15, 0.2) is 48.5 Å². The van der Waals surface area contributed by atoms with Gasteiger partial charge in [0.1, 0.15) is 11.6 Å². The van der Waals surface area contributed by atoms with Gasteiger partial charge in [-0.3, -0.25) is 0 Å². The van der Waals surface area contributed by atoms with Crippen molar-refractivity contribution in [2.45, 2.75) is 38.1 Å². The van der Waals surface area contributed by atoms with Gasteiger partial charge in [-0.15, -0.1) is 0 Å². The number of carbonyl (C=O) groups excluding carboxylic acids is 1. The zero-order valence-electron chi connectivity index (χ0n) is 16.8. The van der Waals surface area contributed by atoms with Crippen molar-refractivity contribution < 1.29 is 9.53 Å². The summed E-state index contributed by atoms with van der Waals surface area (Å²) in [6, 6.07) is 15.4. The molecule has 1 aliphatic carbocycles. The highest BCUT2D eigenvalue weighted by Crippen LogP contribution is 2.24. The van der Waals surface area contributed by atoms with Gasteiger partial charge in [0.25, 0.3) is 0 Å². The molecule has 1 heterocycles. The molecule has 1 atom stereocenters. The van der Waals surface area contributed by atoms with Crippen LogP contribution in [0.3, 0.4) is 0 Å². The Morgan fingerprint density at radius 2 is 1.93 bits per heavy atom. The van der Waals surface area contributed by atoms with Crippen LogP contribution in [0.1, 0.15) is 43.1 Å². The first-order valence-corrected chi connectivity index (χ1v) is 10.3. The number of para-hydroxylation sites is 2. The van der Waals surface area contributed by atoms with Gasteiger partial charge >= 0.3 is 6.03 Å². The smallest absolute Gasteiger partial charge is 0.315 e. The Morgan fingerprint density at radius 1 is 1.17 bits per heavy atom. The number of carbonyl (C=O) groups is 1. The van der Waals surface area contributed by atoms with Crippen LogP contribution < -0.4 is 15.4 Å². The summed E-state index contributed by atoms with van der Waals surface area (Å²) in [4.78, 5) is 20.7. The highest BCUT2D eigenvalue weighted by molar-refractivity contribution is 5.76. The minimum Gasteiger partial charge on any atom is -0.497 e. The maximum absolute atomic E-state index is 12.6. The lowest BCUT2D eigenvalue weighted by Crippen LogP contribution is -2.40. The van der Waals surface area contributed by atoms with Crippen LogP contribution in [-0.2, 0) is 6.42 Å². The summed E-state index contributed by atoms with van der Waals surface area (Å²) < 4.78 is 5.25. The van der Waals surface area contributed by atoms with Gasteiger partial charge in [0.05, 0.1) is 24.2 Å². The summed E-state index contributed by atoms with van der Waals surface area (Å²) in [5, 5.41) is 6.17. The van der Waals surface area contributed by atoms with E-state index in [-0.39, 0.29) is 12.1 Å². The molecule has 152 valence electrons. The largest absolute Gasteiger partial charge is 0.497 e. The Labute approximate surface area is 171 Å². The highest BCUT2D eigenvalue weighted by Gasteiger charge is 2.21. The number of aromatic nitrogens is 2.